The van der Waals surface area contributed by atoms with Gasteiger partial charge in [0, 0.05) is 31.7 Å². The van der Waals surface area contributed by atoms with Crippen LogP contribution in [0, 0.1) is 12.8 Å². The molecule has 10 heteroatoms. The number of nitrogens with one attached hydrogen (secondary N) is 2. The van der Waals surface area contributed by atoms with E-state index in [1.807, 2.05) is 31.2 Å². The van der Waals surface area contributed by atoms with Gasteiger partial charge in [0.1, 0.15) is 5.75 Å². The monoisotopic (exact) mass is 507 g/mol. The summed E-state index contributed by atoms with van der Waals surface area (Å²) in [7, 11) is 1.57. The smallest absolute Gasteiger partial charge is 0.286 e. The topological polar surface area (TPSA) is 114 Å². The van der Waals surface area contributed by atoms with Crippen LogP contribution in [-0.4, -0.2) is 53.0 Å². The van der Waals surface area contributed by atoms with Gasteiger partial charge < -0.3 is 20.3 Å². The number of likely N-dealkylation sites (tertiary alicyclic amines) is 1. The quantitative estimate of drug-likeness (QED) is 0.481. The van der Waals surface area contributed by atoms with Gasteiger partial charge >= 0.3 is 0 Å². The van der Waals surface area contributed by atoms with Gasteiger partial charge in [-0.2, -0.15) is 0 Å². The summed E-state index contributed by atoms with van der Waals surface area (Å²) in [5.74, 6) is 0.278. The summed E-state index contributed by atoms with van der Waals surface area (Å²) in [6.45, 7) is 3.64. The Balaban J connectivity index is 1.23. The van der Waals surface area contributed by atoms with E-state index in [0.29, 0.717) is 37.5 Å². The molecule has 2 N–H and O–H groups in total. The number of anilines is 1. The number of rotatable bonds is 8. The number of piperidine rings is 1. The molecule has 2 aromatic carbocycles. The molecular weight excluding hydrogens is 478 g/mol. The highest BCUT2D eigenvalue weighted by atomic mass is 32.1. The van der Waals surface area contributed by atoms with Gasteiger partial charge in [0.15, 0.2) is 0 Å². The molecule has 1 saturated heterocycles. The first kappa shape index (κ1) is 25.3. The van der Waals surface area contributed by atoms with E-state index >= 15 is 0 Å². The van der Waals surface area contributed by atoms with Gasteiger partial charge in [-0.1, -0.05) is 35.6 Å². The molecule has 0 unspecified atom stereocenters. The highest BCUT2D eigenvalue weighted by molar-refractivity contribution is 7.15. The first-order valence-corrected chi connectivity index (χ1v) is 12.6. The number of amides is 3. The SMILES string of the molecule is COc1ccc(NC(=O)c2nnc(C(=O)N3CCC(CC(=O)NCc4ccccc4C)CC3)s2)cc1. The molecule has 0 radical (unpaired) electrons. The number of carbonyl (C=O) groups excluding carboxylic acids is 3. The highest BCUT2D eigenvalue weighted by Gasteiger charge is 2.28. The molecule has 9 nitrogen and oxygen atoms in total. The number of hydrogen-bond donors (Lipinski definition) is 2. The zero-order valence-electron chi connectivity index (χ0n) is 20.3. The lowest BCUT2D eigenvalue weighted by molar-refractivity contribution is -0.122. The van der Waals surface area contributed by atoms with Gasteiger partial charge in [-0.25, -0.2) is 0 Å². The Morgan fingerprint density at radius 1 is 1.03 bits per heavy atom. The lowest BCUT2D eigenvalue weighted by atomic mass is 9.93. The normalized spacial score (nSPS) is 13.8. The van der Waals surface area contributed by atoms with Crippen molar-refractivity contribution in [2.45, 2.75) is 32.7 Å². The second-order valence-corrected chi connectivity index (χ2v) is 9.72. The maximum atomic E-state index is 12.9. The van der Waals surface area contributed by atoms with E-state index in [-0.39, 0.29) is 27.7 Å². The van der Waals surface area contributed by atoms with Crippen molar-refractivity contribution in [3.63, 3.8) is 0 Å². The summed E-state index contributed by atoms with van der Waals surface area (Å²) < 4.78 is 5.11. The summed E-state index contributed by atoms with van der Waals surface area (Å²) in [4.78, 5) is 39.5. The second kappa shape index (κ2) is 11.8. The minimum Gasteiger partial charge on any atom is -0.497 e. The molecule has 0 atom stereocenters. The lowest BCUT2D eigenvalue weighted by Gasteiger charge is -2.31. The Bertz CT molecular complexity index is 1220. The number of nitrogens with zero attached hydrogens (tertiary/aromatic N) is 3. The van der Waals surface area contributed by atoms with Gasteiger partial charge in [0.2, 0.25) is 15.9 Å². The van der Waals surface area contributed by atoms with Crippen LogP contribution in [-0.2, 0) is 11.3 Å². The maximum Gasteiger partial charge on any atom is 0.286 e. The van der Waals surface area contributed by atoms with Crippen molar-refractivity contribution in [1.29, 1.82) is 0 Å². The molecule has 1 fully saturated rings. The molecule has 0 spiro atoms. The van der Waals surface area contributed by atoms with Gasteiger partial charge in [-0.3, -0.25) is 14.4 Å². The molecule has 3 amide bonds. The van der Waals surface area contributed by atoms with Crippen LogP contribution in [0.3, 0.4) is 0 Å². The summed E-state index contributed by atoms with van der Waals surface area (Å²) in [6, 6.07) is 14.9. The number of benzene rings is 2. The summed E-state index contributed by atoms with van der Waals surface area (Å²) >= 11 is 0.972. The Labute approximate surface area is 213 Å². The first-order valence-electron chi connectivity index (χ1n) is 11.8. The van der Waals surface area contributed by atoms with Crippen LogP contribution in [0.5, 0.6) is 5.75 Å². The minimum atomic E-state index is -0.424. The van der Waals surface area contributed by atoms with Crippen LogP contribution in [0.25, 0.3) is 0 Å². The minimum absolute atomic E-state index is 0.0275. The standard InChI is InChI=1S/C26H29N5O4S/c1-17-5-3-4-6-19(17)16-27-22(32)15-18-11-13-31(14-12-18)26(34)25-30-29-24(36-25)23(33)28-20-7-9-21(35-2)10-8-20/h3-10,18H,11-16H2,1-2H3,(H,27,32)(H,28,33). The van der Waals surface area contributed by atoms with Crippen LogP contribution in [0.2, 0.25) is 0 Å². The number of carbonyl (C=O) groups is 3. The van der Waals surface area contributed by atoms with Crippen LogP contribution in [0.4, 0.5) is 5.69 Å². The molecular formula is C26H29N5O4S. The molecule has 4 rings (SSSR count). The Morgan fingerprint density at radius 2 is 1.72 bits per heavy atom. The van der Waals surface area contributed by atoms with Gasteiger partial charge in [-0.15, -0.1) is 10.2 Å². The maximum absolute atomic E-state index is 12.9. The van der Waals surface area contributed by atoms with Crippen molar-refractivity contribution in [3.8, 4) is 5.75 Å². The number of ether oxygens (including phenoxy) is 1. The third kappa shape index (κ3) is 6.45. The molecule has 1 aliphatic rings. The highest BCUT2D eigenvalue weighted by Crippen LogP contribution is 2.23. The van der Waals surface area contributed by atoms with E-state index in [1.165, 1.54) is 0 Å². The van der Waals surface area contributed by atoms with Gasteiger partial charge in [0.25, 0.3) is 11.8 Å². The molecule has 188 valence electrons. The van der Waals surface area contributed by atoms with E-state index < -0.39 is 5.91 Å². The van der Waals surface area contributed by atoms with Gasteiger partial charge in [0.05, 0.1) is 7.11 Å². The average molecular weight is 508 g/mol. The van der Waals surface area contributed by atoms with Crippen LogP contribution < -0.4 is 15.4 Å². The Kier molecular flexibility index (Phi) is 8.27. The predicted molar refractivity (Wildman–Crippen MR) is 137 cm³/mol. The molecule has 1 aliphatic heterocycles. The molecule has 0 bridgehead atoms. The predicted octanol–water partition coefficient (Wildman–Crippen LogP) is 3.67. The molecule has 0 aliphatic carbocycles. The third-order valence-corrected chi connectivity index (χ3v) is 7.17. The lowest BCUT2D eigenvalue weighted by Crippen LogP contribution is -2.39. The fourth-order valence-electron chi connectivity index (χ4n) is 4.07. The second-order valence-electron chi connectivity index (χ2n) is 8.74. The van der Waals surface area contributed by atoms with Crippen LogP contribution in [0.1, 0.15) is 50.0 Å². The van der Waals surface area contributed by atoms with E-state index in [1.54, 1.807) is 36.3 Å². The molecule has 3 aromatic rings. The van der Waals surface area contributed by atoms with Crippen molar-refractivity contribution in [2.24, 2.45) is 5.92 Å². The summed E-state index contributed by atoms with van der Waals surface area (Å²) in [5.41, 5.74) is 2.86. The van der Waals surface area contributed by atoms with Crippen molar-refractivity contribution in [1.82, 2.24) is 20.4 Å². The number of aryl methyl sites for hydroxylation is 1. The molecule has 0 saturated carbocycles. The van der Waals surface area contributed by atoms with Crippen LogP contribution in [0.15, 0.2) is 48.5 Å². The van der Waals surface area contributed by atoms with Crippen molar-refractivity contribution < 1.29 is 19.1 Å². The zero-order valence-corrected chi connectivity index (χ0v) is 21.1. The Hall–Kier alpha value is -3.79. The molecule has 1 aromatic heterocycles. The largest absolute Gasteiger partial charge is 0.497 e. The fourth-order valence-corrected chi connectivity index (χ4v) is 4.78. The number of methoxy groups -OCH3 is 1. The van der Waals surface area contributed by atoms with Crippen molar-refractivity contribution >= 4 is 34.7 Å². The molecule has 36 heavy (non-hydrogen) atoms. The Morgan fingerprint density at radius 3 is 2.42 bits per heavy atom. The molecule has 2 heterocycles. The van der Waals surface area contributed by atoms with Gasteiger partial charge in [-0.05, 0) is 61.1 Å². The van der Waals surface area contributed by atoms with E-state index in [2.05, 4.69) is 20.8 Å². The number of hydrogen-bond acceptors (Lipinski definition) is 7. The average Bonchev–Trinajstić information content (AvgIpc) is 3.39. The number of aromatic nitrogens is 2. The summed E-state index contributed by atoms with van der Waals surface area (Å²) in [6.07, 6.45) is 1.93. The third-order valence-electron chi connectivity index (χ3n) is 6.26. The summed E-state index contributed by atoms with van der Waals surface area (Å²) in [5, 5.41) is 13.9. The van der Waals surface area contributed by atoms with Crippen LogP contribution >= 0.6 is 11.3 Å². The fraction of sp³-hybridized carbons (Fsp3) is 0.346. The van der Waals surface area contributed by atoms with E-state index in [4.69, 9.17) is 4.74 Å². The zero-order chi connectivity index (χ0) is 25.5. The van der Waals surface area contributed by atoms with E-state index in [9.17, 15) is 14.4 Å². The first-order chi connectivity index (χ1) is 17.4. The van der Waals surface area contributed by atoms with Crippen molar-refractivity contribution in [3.05, 3.63) is 69.7 Å². The van der Waals surface area contributed by atoms with Crippen molar-refractivity contribution in [2.75, 3.05) is 25.5 Å². The van der Waals surface area contributed by atoms with E-state index in [0.717, 1.165) is 35.3 Å².